The third-order valence-corrected chi connectivity index (χ3v) is 5.76. The van der Waals surface area contributed by atoms with Crippen molar-refractivity contribution in [1.82, 2.24) is 4.31 Å². The highest BCUT2D eigenvalue weighted by atomic mass is 35.5. The molecule has 17 heavy (non-hydrogen) atoms. The SMILES string of the molecule is C[C@@H]1c2cccc(Cl)c2S(=O)(=O)N1C(C)(C)C. The van der Waals surface area contributed by atoms with Crippen molar-refractivity contribution < 1.29 is 8.42 Å². The number of rotatable bonds is 0. The zero-order chi connectivity index (χ0) is 13.0. The summed E-state index contributed by atoms with van der Waals surface area (Å²) in [4.78, 5) is 0.268. The molecule has 0 spiro atoms. The molecule has 0 bridgehead atoms. The lowest BCUT2D eigenvalue weighted by Gasteiger charge is -2.33. The average Bonchev–Trinajstić information content (AvgIpc) is 2.34. The van der Waals surface area contributed by atoms with Crippen LogP contribution in [0.4, 0.5) is 0 Å². The minimum Gasteiger partial charge on any atom is -0.207 e. The number of benzene rings is 1. The third kappa shape index (κ3) is 1.79. The van der Waals surface area contributed by atoms with Gasteiger partial charge in [0.1, 0.15) is 4.90 Å². The van der Waals surface area contributed by atoms with Gasteiger partial charge in [-0.15, -0.1) is 0 Å². The number of hydrogen-bond donors (Lipinski definition) is 0. The van der Waals surface area contributed by atoms with E-state index in [1.807, 2.05) is 33.8 Å². The smallest absolute Gasteiger partial charge is 0.207 e. The van der Waals surface area contributed by atoms with Crippen LogP contribution in [0.5, 0.6) is 0 Å². The maximum absolute atomic E-state index is 12.5. The fourth-order valence-corrected chi connectivity index (χ4v) is 5.27. The van der Waals surface area contributed by atoms with Crippen molar-refractivity contribution in [3.63, 3.8) is 0 Å². The second-order valence-electron chi connectivity index (χ2n) is 5.31. The summed E-state index contributed by atoms with van der Waals surface area (Å²) in [6.07, 6.45) is 0. The topological polar surface area (TPSA) is 37.4 Å². The van der Waals surface area contributed by atoms with Gasteiger partial charge >= 0.3 is 0 Å². The lowest BCUT2D eigenvalue weighted by molar-refractivity contribution is 0.211. The first-order chi connectivity index (χ1) is 7.67. The van der Waals surface area contributed by atoms with Gasteiger partial charge in [0.05, 0.1) is 5.02 Å². The Labute approximate surface area is 107 Å². The first-order valence-electron chi connectivity index (χ1n) is 5.50. The molecule has 0 amide bonds. The number of hydrogen-bond acceptors (Lipinski definition) is 2. The summed E-state index contributed by atoms with van der Waals surface area (Å²) in [5.41, 5.74) is 0.327. The zero-order valence-electron chi connectivity index (χ0n) is 10.4. The molecule has 5 heteroatoms. The van der Waals surface area contributed by atoms with Crippen molar-refractivity contribution in [3.05, 3.63) is 28.8 Å². The molecule has 1 aromatic carbocycles. The Balaban J connectivity index is 2.74. The fourth-order valence-electron chi connectivity index (χ4n) is 2.50. The lowest BCUT2D eigenvalue weighted by atomic mass is 10.0. The molecule has 1 atom stereocenters. The van der Waals surface area contributed by atoms with Gasteiger partial charge < -0.3 is 0 Å². The molecule has 0 N–H and O–H groups in total. The molecule has 0 fully saturated rings. The van der Waals surface area contributed by atoms with Crippen LogP contribution in [0, 0.1) is 0 Å². The van der Waals surface area contributed by atoms with Gasteiger partial charge in [-0.25, -0.2) is 8.42 Å². The van der Waals surface area contributed by atoms with Crippen LogP contribution in [-0.4, -0.2) is 18.3 Å². The van der Waals surface area contributed by atoms with E-state index in [1.165, 1.54) is 4.31 Å². The zero-order valence-corrected chi connectivity index (χ0v) is 11.9. The van der Waals surface area contributed by atoms with E-state index in [-0.39, 0.29) is 10.9 Å². The molecule has 0 unspecified atom stereocenters. The molecule has 1 aliphatic rings. The summed E-state index contributed by atoms with van der Waals surface area (Å²) < 4.78 is 26.5. The highest BCUT2D eigenvalue weighted by Crippen LogP contribution is 2.46. The van der Waals surface area contributed by atoms with Gasteiger partial charge in [0.15, 0.2) is 0 Å². The predicted octanol–water partition coefficient (Wildman–Crippen LogP) is 3.20. The highest BCUT2D eigenvalue weighted by molar-refractivity contribution is 7.89. The van der Waals surface area contributed by atoms with Gasteiger partial charge in [-0.05, 0) is 39.3 Å². The van der Waals surface area contributed by atoms with E-state index in [0.717, 1.165) is 5.56 Å². The second kappa shape index (κ2) is 3.70. The Morgan fingerprint density at radius 3 is 2.35 bits per heavy atom. The molecular formula is C12H16ClNO2S. The van der Waals surface area contributed by atoms with E-state index in [4.69, 9.17) is 11.6 Å². The van der Waals surface area contributed by atoms with Crippen LogP contribution in [0.15, 0.2) is 23.1 Å². The summed E-state index contributed by atoms with van der Waals surface area (Å²) in [6, 6.07) is 5.07. The van der Waals surface area contributed by atoms with Crippen molar-refractivity contribution in [1.29, 1.82) is 0 Å². The summed E-state index contributed by atoms with van der Waals surface area (Å²) in [6.45, 7) is 7.56. The Hall–Kier alpha value is -0.580. The van der Waals surface area contributed by atoms with Crippen molar-refractivity contribution in [2.45, 2.75) is 44.2 Å². The van der Waals surface area contributed by atoms with Gasteiger partial charge in [-0.2, -0.15) is 4.31 Å². The van der Waals surface area contributed by atoms with Crippen LogP contribution in [0.2, 0.25) is 5.02 Å². The monoisotopic (exact) mass is 273 g/mol. The van der Waals surface area contributed by atoms with E-state index >= 15 is 0 Å². The van der Waals surface area contributed by atoms with Crippen LogP contribution in [0.25, 0.3) is 0 Å². The molecule has 1 aliphatic heterocycles. The Morgan fingerprint density at radius 1 is 1.29 bits per heavy atom. The summed E-state index contributed by atoms with van der Waals surface area (Å²) >= 11 is 6.03. The van der Waals surface area contributed by atoms with Gasteiger partial charge in [-0.3, -0.25) is 0 Å². The molecular weight excluding hydrogens is 258 g/mol. The molecule has 3 nitrogen and oxygen atoms in total. The van der Waals surface area contributed by atoms with Gasteiger partial charge in [-0.1, -0.05) is 23.7 Å². The van der Waals surface area contributed by atoms with Gasteiger partial charge in [0.2, 0.25) is 10.0 Å². The third-order valence-electron chi connectivity index (χ3n) is 2.98. The number of fused-ring (bicyclic) bond motifs is 1. The molecule has 1 heterocycles. The van der Waals surface area contributed by atoms with Crippen molar-refractivity contribution in [2.75, 3.05) is 0 Å². The van der Waals surface area contributed by atoms with E-state index in [9.17, 15) is 8.42 Å². The van der Waals surface area contributed by atoms with Crippen LogP contribution in [0.1, 0.15) is 39.3 Å². The van der Waals surface area contributed by atoms with Crippen LogP contribution >= 0.6 is 11.6 Å². The largest absolute Gasteiger partial charge is 0.245 e. The molecule has 0 radical (unpaired) electrons. The average molecular weight is 274 g/mol. The molecule has 94 valence electrons. The molecule has 2 rings (SSSR count). The van der Waals surface area contributed by atoms with Crippen LogP contribution < -0.4 is 0 Å². The Kier molecular flexibility index (Phi) is 2.80. The quantitative estimate of drug-likeness (QED) is 0.728. The Morgan fingerprint density at radius 2 is 1.88 bits per heavy atom. The maximum Gasteiger partial charge on any atom is 0.245 e. The minimum absolute atomic E-state index is 0.173. The van der Waals surface area contributed by atoms with Crippen molar-refractivity contribution in [2.24, 2.45) is 0 Å². The molecule has 0 aromatic heterocycles. The maximum atomic E-state index is 12.5. The van der Waals surface area contributed by atoms with Crippen molar-refractivity contribution >= 4 is 21.6 Å². The molecule has 0 saturated carbocycles. The van der Waals surface area contributed by atoms with Gasteiger partial charge in [0.25, 0.3) is 0 Å². The highest BCUT2D eigenvalue weighted by Gasteiger charge is 2.46. The fraction of sp³-hybridized carbons (Fsp3) is 0.500. The van der Waals surface area contributed by atoms with Crippen LogP contribution in [0.3, 0.4) is 0 Å². The first-order valence-corrected chi connectivity index (χ1v) is 7.32. The summed E-state index contributed by atoms with van der Waals surface area (Å²) in [5.74, 6) is 0. The van der Waals surface area contributed by atoms with Crippen molar-refractivity contribution in [3.8, 4) is 0 Å². The normalized spacial score (nSPS) is 23.7. The molecule has 0 saturated heterocycles. The van der Waals surface area contributed by atoms with Gasteiger partial charge in [0, 0.05) is 11.6 Å². The summed E-state index contributed by atoms with van der Waals surface area (Å²) in [5, 5.41) is 0.307. The Bertz CT molecular complexity index is 560. The van der Waals surface area contributed by atoms with Crippen LogP contribution in [-0.2, 0) is 10.0 Å². The molecule has 0 aliphatic carbocycles. The van der Waals surface area contributed by atoms with E-state index in [0.29, 0.717) is 5.02 Å². The molecule has 1 aromatic rings. The summed E-state index contributed by atoms with van der Waals surface area (Å²) in [7, 11) is -3.48. The number of halogens is 1. The minimum atomic E-state index is -3.48. The predicted molar refractivity (Wildman–Crippen MR) is 68.6 cm³/mol. The lowest BCUT2D eigenvalue weighted by Crippen LogP contribution is -2.43. The number of nitrogens with zero attached hydrogens (tertiary/aromatic N) is 1. The van der Waals surface area contributed by atoms with E-state index in [1.54, 1.807) is 12.1 Å². The number of sulfonamides is 1. The first kappa shape index (κ1) is 12.9. The van der Waals surface area contributed by atoms with E-state index in [2.05, 4.69) is 0 Å². The standard InChI is InChI=1S/C12H16ClNO2S/c1-8-9-6-5-7-10(13)11(9)17(15,16)14(8)12(2,3)4/h5-8H,1-4H3/t8-/m1/s1. The van der Waals surface area contributed by atoms with E-state index < -0.39 is 15.6 Å². The second-order valence-corrected chi connectivity index (χ2v) is 7.46.